The molecule has 0 aliphatic carbocycles. The Labute approximate surface area is 134 Å². The number of benzene rings is 2. The fourth-order valence-corrected chi connectivity index (χ4v) is 2.29. The van der Waals surface area contributed by atoms with Crippen LogP contribution in [0.5, 0.6) is 0 Å². The number of nitrogens with one attached hydrogen (secondary N) is 1. The van der Waals surface area contributed by atoms with Crippen LogP contribution >= 0.6 is 15.9 Å². The van der Waals surface area contributed by atoms with E-state index in [0.717, 1.165) is 15.7 Å². The van der Waals surface area contributed by atoms with Gasteiger partial charge >= 0.3 is 0 Å². The van der Waals surface area contributed by atoms with Crippen LogP contribution in [0.4, 0.5) is 5.69 Å². The molecule has 3 heteroatoms. The molecule has 110 valence electrons. The third kappa shape index (κ3) is 3.94. The molecule has 0 fully saturated rings. The predicted octanol–water partition coefficient (Wildman–Crippen LogP) is 5.31. The number of rotatable bonds is 2. The number of hydrogen-bond acceptors (Lipinski definition) is 1. The smallest absolute Gasteiger partial charge is 0.255 e. The number of halogens is 1. The summed E-state index contributed by atoms with van der Waals surface area (Å²) in [5.74, 6) is -0.0888. The molecule has 0 unspecified atom stereocenters. The SMILES string of the molecule is Cc1cc(C(=O)Nc2ccc(C(C)(C)C)cc2)ccc1Br. The van der Waals surface area contributed by atoms with Crippen LogP contribution in [-0.2, 0) is 5.41 Å². The van der Waals surface area contributed by atoms with Gasteiger partial charge in [-0.25, -0.2) is 0 Å². The number of carbonyl (C=O) groups excluding carboxylic acids is 1. The van der Waals surface area contributed by atoms with Crippen molar-refractivity contribution in [3.05, 3.63) is 63.6 Å². The Hall–Kier alpha value is -1.61. The first-order valence-corrected chi connectivity index (χ1v) is 7.75. The molecule has 2 rings (SSSR count). The summed E-state index contributed by atoms with van der Waals surface area (Å²) in [6, 6.07) is 13.6. The Balaban J connectivity index is 2.14. The summed E-state index contributed by atoms with van der Waals surface area (Å²) >= 11 is 3.44. The molecule has 2 aromatic carbocycles. The van der Waals surface area contributed by atoms with Crippen LogP contribution in [0.1, 0.15) is 42.3 Å². The van der Waals surface area contributed by atoms with Crippen molar-refractivity contribution in [2.45, 2.75) is 33.1 Å². The largest absolute Gasteiger partial charge is 0.322 e. The van der Waals surface area contributed by atoms with Crippen molar-refractivity contribution < 1.29 is 4.79 Å². The third-order valence-electron chi connectivity index (χ3n) is 3.43. The number of hydrogen-bond donors (Lipinski definition) is 1. The van der Waals surface area contributed by atoms with Crippen molar-refractivity contribution in [2.24, 2.45) is 0 Å². The highest BCUT2D eigenvalue weighted by atomic mass is 79.9. The lowest BCUT2D eigenvalue weighted by atomic mass is 9.87. The minimum absolute atomic E-state index is 0.0888. The minimum atomic E-state index is -0.0888. The summed E-state index contributed by atoms with van der Waals surface area (Å²) in [7, 11) is 0. The molecule has 21 heavy (non-hydrogen) atoms. The van der Waals surface area contributed by atoms with Gasteiger partial charge in [-0.1, -0.05) is 48.8 Å². The van der Waals surface area contributed by atoms with Crippen LogP contribution in [0, 0.1) is 6.92 Å². The highest BCUT2D eigenvalue weighted by Crippen LogP contribution is 2.24. The van der Waals surface area contributed by atoms with Crippen LogP contribution in [0.3, 0.4) is 0 Å². The van der Waals surface area contributed by atoms with Crippen LogP contribution in [0.2, 0.25) is 0 Å². The second kappa shape index (κ2) is 6.02. The van der Waals surface area contributed by atoms with Gasteiger partial charge in [0.05, 0.1) is 0 Å². The van der Waals surface area contributed by atoms with Gasteiger partial charge in [-0.15, -0.1) is 0 Å². The second-order valence-electron chi connectivity index (χ2n) is 6.25. The number of carbonyl (C=O) groups is 1. The first-order valence-electron chi connectivity index (χ1n) is 6.95. The molecule has 0 saturated heterocycles. The monoisotopic (exact) mass is 345 g/mol. The molecule has 0 aliphatic rings. The lowest BCUT2D eigenvalue weighted by Gasteiger charge is -2.19. The molecule has 1 N–H and O–H groups in total. The Morgan fingerprint density at radius 3 is 2.19 bits per heavy atom. The van der Waals surface area contributed by atoms with Crippen molar-refractivity contribution in [3.8, 4) is 0 Å². The Bertz CT molecular complexity index is 654. The summed E-state index contributed by atoms with van der Waals surface area (Å²) in [5, 5.41) is 2.93. The third-order valence-corrected chi connectivity index (χ3v) is 4.32. The molecular formula is C18H20BrNO. The van der Waals surface area contributed by atoms with E-state index in [0.29, 0.717) is 5.56 Å². The molecule has 0 saturated carbocycles. The van der Waals surface area contributed by atoms with E-state index < -0.39 is 0 Å². The van der Waals surface area contributed by atoms with Crippen molar-refractivity contribution >= 4 is 27.5 Å². The Morgan fingerprint density at radius 2 is 1.67 bits per heavy atom. The zero-order valence-corrected chi connectivity index (χ0v) is 14.4. The second-order valence-corrected chi connectivity index (χ2v) is 7.10. The van der Waals surface area contributed by atoms with E-state index in [4.69, 9.17) is 0 Å². The molecule has 0 bridgehead atoms. The van der Waals surface area contributed by atoms with Crippen molar-refractivity contribution in [2.75, 3.05) is 5.32 Å². The summed E-state index contributed by atoms with van der Waals surface area (Å²) in [6.07, 6.45) is 0. The first kappa shape index (κ1) is 15.8. The molecule has 0 aromatic heterocycles. The Morgan fingerprint density at radius 1 is 1.05 bits per heavy atom. The number of amides is 1. The van der Waals surface area contributed by atoms with E-state index in [9.17, 15) is 4.79 Å². The maximum absolute atomic E-state index is 12.2. The number of anilines is 1. The van der Waals surface area contributed by atoms with Crippen LogP contribution in [-0.4, -0.2) is 5.91 Å². The lowest BCUT2D eigenvalue weighted by Crippen LogP contribution is -2.13. The molecule has 1 amide bonds. The highest BCUT2D eigenvalue weighted by Gasteiger charge is 2.13. The fourth-order valence-electron chi connectivity index (χ4n) is 2.04. The summed E-state index contributed by atoms with van der Waals surface area (Å²) in [5.41, 5.74) is 3.89. The average molecular weight is 346 g/mol. The van der Waals surface area contributed by atoms with Gasteiger partial charge in [-0.2, -0.15) is 0 Å². The van der Waals surface area contributed by atoms with Gasteiger partial charge in [0.2, 0.25) is 0 Å². The van der Waals surface area contributed by atoms with Crippen molar-refractivity contribution in [1.82, 2.24) is 0 Å². The quantitative estimate of drug-likeness (QED) is 0.785. The summed E-state index contributed by atoms with van der Waals surface area (Å²) in [6.45, 7) is 8.49. The van der Waals surface area contributed by atoms with E-state index >= 15 is 0 Å². The van der Waals surface area contributed by atoms with E-state index in [-0.39, 0.29) is 11.3 Å². The summed E-state index contributed by atoms with van der Waals surface area (Å²) in [4.78, 5) is 12.2. The first-order chi connectivity index (χ1) is 9.77. The predicted molar refractivity (Wildman–Crippen MR) is 92.0 cm³/mol. The standard InChI is InChI=1S/C18H20BrNO/c1-12-11-13(5-10-16(12)19)17(21)20-15-8-6-14(7-9-15)18(2,3)4/h5-11H,1-4H3,(H,20,21). The molecule has 0 heterocycles. The van der Waals surface area contributed by atoms with E-state index in [1.165, 1.54) is 5.56 Å². The van der Waals surface area contributed by atoms with Gasteiger partial charge in [0.1, 0.15) is 0 Å². The van der Waals surface area contributed by atoms with Gasteiger partial charge in [0.25, 0.3) is 5.91 Å². The number of aryl methyl sites for hydroxylation is 1. The molecule has 0 aliphatic heterocycles. The van der Waals surface area contributed by atoms with E-state index in [1.54, 1.807) is 0 Å². The van der Waals surface area contributed by atoms with Crippen LogP contribution in [0.15, 0.2) is 46.9 Å². The van der Waals surface area contributed by atoms with E-state index in [1.807, 2.05) is 37.3 Å². The van der Waals surface area contributed by atoms with Gasteiger partial charge in [0.15, 0.2) is 0 Å². The van der Waals surface area contributed by atoms with Gasteiger partial charge < -0.3 is 5.32 Å². The van der Waals surface area contributed by atoms with E-state index in [2.05, 4.69) is 54.2 Å². The highest BCUT2D eigenvalue weighted by molar-refractivity contribution is 9.10. The van der Waals surface area contributed by atoms with Gasteiger partial charge in [0, 0.05) is 15.7 Å². The molecule has 0 spiro atoms. The normalized spacial score (nSPS) is 11.3. The topological polar surface area (TPSA) is 29.1 Å². The van der Waals surface area contributed by atoms with Gasteiger partial charge in [-0.3, -0.25) is 4.79 Å². The lowest BCUT2D eigenvalue weighted by molar-refractivity contribution is 0.102. The molecule has 2 nitrogen and oxygen atoms in total. The fraction of sp³-hybridized carbons (Fsp3) is 0.278. The van der Waals surface area contributed by atoms with Crippen LogP contribution in [0.25, 0.3) is 0 Å². The van der Waals surface area contributed by atoms with Crippen molar-refractivity contribution in [1.29, 1.82) is 0 Å². The molecule has 2 aromatic rings. The van der Waals surface area contributed by atoms with Crippen molar-refractivity contribution in [3.63, 3.8) is 0 Å². The molecule has 0 atom stereocenters. The zero-order valence-electron chi connectivity index (χ0n) is 12.8. The zero-order chi connectivity index (χ0) is 15.6. The Kier molecular flexibility index (Phi) is 4.52. The van der Waals surface area contributed by atoms with Gasteiger partial charge in [-0.05, 0) is 53.8 Å². The maximum atomic E-state index is 12.2. The molecule has 0 radical (unpaired) electrons. The van der Waals surface area contributed by atoms with Crippen LogP contribution < -0.4 is 5.32 Å². The average Bonchev–Trinajstić information content (AvgIpc) is 2.41. The molecular weight excluding hydrogens is 326 g/mol. The maximum Gasteiger partial charge on any atom is 0.255 e. The summed E-state index contributed by atoms with van der Waals surface area (Å²) < 4.78 is 1.01. The minimum Gasteiger partial charge on any atom is -0.322 e.